The molecular weight excluding hydrogens is 208 g/mol. The molecule has 4 fully saturated rings. The van der Waals surface area contributed by atoms with Crippen LogP contribution in [0.3, 0.4) is 0 Å². The molecule has 0 heterocycles. The van der Waals surface area contributed by atoms with Gasteiger partial charge in [-0.3, -0.25) is 0 Å². The monoisotopic (exact) mass is 232 g/mol. The highest BCUT2D eigenvalue weighted by atomic mass is 14.9. The summed E-state index contributed by atoms with van der Waals surface area (Å²) < 4.78 is 0. The number of rotatable bonds is 1. The first-order valence-electron chi connectivity index (χ1n) is 7.13. The van der Waals surface area contributed by atoms with Crippen LogP contribution in [0.1, 0.15) is 59.3 Å². The smallest absolute Gasteiger partial charge is 0.0903 e. The van der Waals surface area contributed by atoms with Crippen molar-refractivity contribution in [3.63, 3.8) is 0 Å². The Morgan fingerprint density at radius 2 is 1.41 bits per heavy atom. The maximum Gasteiger partial charge on any atom is 0.0903 e. The molecule has 0 saturated heterocycles. The van der Waals surface area contributed by atoms with Crippen LogP contribution < -0.4 is 0 Å². The van der Waals surface area contributed by atoms with Crippen LogP contribution in [-0.4, -0.2) is 17.1 Å². The van der Waals surface area contributed by atoms with E-state index in [2.05, 4.69) is 31.8 Å². The number of hydrogen-bond donors (Lipinski definition) is 0. The first-order chi connectivity index (χ1) is 7.94. The molecule has 17 heavy (non-hydrogen) atoms. The maximum atomic E-state index is 4.78. The van der Waals surface area contributed by atoms with Crippen LogP contribution in [0.2, 0.25) is 0 Å². The summed E-state index contributed by atoms with van der Waals surface area (Å²) in [6, 6.07) is 3.03. The lowest BCUT2D eigenvalue weighted by Gasteiger charge is -2.54. The van der Waals surface area contributed by atoms with E-state index in [4.69, 9.17) is 4.99 Å². The van der Waals surface area contributed by atoms with E-state index in [1.54, 1.807) is 0 Å². The summed E-state index contributed by atoms with van der Waals surface area (Å²) in [6.07, 6.45) is 8.37. The molecular formula is C15H24N2. The molecule has 4 saturated carbocycles. The van der Waals surface area contributed by atoms with E-state index in [1.165, 1.54) is 38.5 Å². The summed E-state index contributed by atoms with van der Waals surface area (Å²) in [5.41, 5.74) is 0.204. The van der Waals surface area contributed by atoms with E-state index in [9.17, 15) is 0 Å². The number of aliphatic imine (C=N–C) groups is 2. The molecule has 4 rings (SSSR count). The van der Waals surface area contributed by atoms with Crippen molar-refractivity contribution in [2.45, 2.75) is 70.4 Å². The van der Waals surface area contributed by atoms with Gasteiger partial charge in [0, 0.05) is 0 Å². The van der Waals surface area contributed by atoms with Gasteiger partial charge in [-0.05, 0) is 77.0 Å². The Bertz CT molecular complexity index is 334. The lowest BCUT2D eigenvalue weighted by atomic mass is 9.53. The normalized spacial score (nSPS) is 43.4. The van der Waals surface area contributed by atoms with Crippen LogP contribution in [0.4, 0.5) is 0 Å². The van der Waals surface area contributed by atoms with Gasteiger partial charge in [0.2, 0.25) is 0 Å². The van der Waals surface area contributed by atoms with Crippen molar-refractivity contribution in [1.82, 2.24) is 0 Å². The first kappa shape index (κ1) is 11.5. The lowest BCUT2D eigenvalue weighted by molar-refractivity contribution is 0.00198. The second kappa shape index (κ2) is 3.68. The average Bonchev–Trinajstić information content (AvgIpc) is 2.11. The van der Waals surface area contributed by atoms with Crippen molar-refractivity contribution in [1.29, 1.82) is 0 Å². The molecule has 0 atom stereocenters. The number of hydrogen-bond acceptors (Lipinski definition) is 2. The van der Waals surface area contributed by atoms with Crippen LogP contribution in [0.5, 0.6) is 0 Å². The van der Waals surface area contributed by atoms with E-state index in [0.29, 0.717) is 0 Å². The van der Waals surface area contributed by atoms with Gasteiger partial charge in [0.25, 0.3) is 0 Å². The molecule has 0 spiro atoms. The molecule has 0 unspecified atom stereocenters. The standard InChI is InChI=1S/C15H24N2/c1-14(2,3)16-10-17-15-7-11-4-12(8-15)6-13(5-11)9-15/h11-13H,4-9H2,1-3H3. The largest absolute Gasteiger partial charge is 0.220 e. The third-order valence-corrected chi connectivity index (χ3v) is 4.68. The molecule has 4 aliphatic rings. The summed E-state index contributed by atoms with van der Waals surface area (Å²) in [6.45, 7) is 6.32. The highest BCUT2D eigenvalue weighted by molar-refractivity contribution is 5.44. The fraction of sp³-hybridized carbons (Fsp3) is 0.933. The van der Waals surface area contributed by atoms with Gasteiger partial charge in [0.1, 0.15) is 0 Å². The van der Waals surface area contributed by atoms with Crippen LogP contribution in [0.15, 0.2) is 9.98 Å². The Kier molecular flexibility index (Phi) is 2.49. The summed E-state index contributed by atoms with van der Waals surface area (Å²) >= 11 is 0. The minimum atomic E-state index is -0.0359. The minimum absolute atomic E-state index is 0.0359. The Labute approximate surface area is 105 Å². The fourth-order valence-electron chi connectivity index (χ4n) is 4.48. The van der Waals surface area contributed by atoms with Crippen molar-refractivity contribution < 1.29 is 0 Å². The zero-order valence-corrected chi connectivity index (χ0v) is 11.4. The van der Waals surface area contributed by atoms with Crippen molar-refractivity contribution >= 4 is 6.01 Å². The van der Waals surface area contributed by atoms with Gasteiger partial charge in [-0.15, -0.1) is 0 Å². The van der Waals surface area contributed by atoms with Gasteiger partial charge in [0.05, 0.1) is 17.1 Å². The Morgan fingerprint density at radius 3 is 1.82 bits per heavy atom. The topological polar surface area (TPSA) is 24.7 Å². The van der Waals surface area contributed by atoms with E-state index in [1.807, 2.05) is 0 Å². The quantitative estimate of drug-likeness (QED) is 0.612. The Morgan fingerprint density at radius 1 is 0.941 bits per heavy atom. The lowest BCUT2D eigenvalue weighted by Crippen LogP contribution is -2.49. The SMILES string of the molecule is CC(C)(C)N=C=NC12CC3CC(CC(C3)C1)C2. The van der Waals surface area contributed by atoms with Gasteiger partial charge in [0.15, 0.2) is 0 Å². The Balaban J connectivity index is 1.81. The summed E-state index contributed by atoms with van der Waals surface area (Å²) in [5, 5.41) is 0. The number of nitrogens with zero attached hydrogens (tertiary/aromatic N) is 2. The molecule has 0 radical (unpaired) electrons. The fourth-order valence-corrected chi connectivity index (χ4v) is 4.48. The highest BCUT2D eigenvalue weighted by Crippen LogP contribution is 2.57. The molecule has 0 aromatic heterocycles. The second-order valence-corrected chi connectivity index (χ2v) is 7.64. The average molecular weight is 232 g/mol. The predicted molar refractivity (Wildman–Crippen MR) is 70.5 cm³/mol. The second-order valence-electron chi connectivity index (χ2n) is 7.64. The Hall–Kier alpha value is -0.620. The molecule has 0 amide bonds. The summed E-state index contributed by atoms with van der Waals surface area (Å²) in [5.74, 6) is 2.88. The third kappa shape index (κ3) is 2.33. The molecule has 0 aliphatic heterocycles. The molecule has 0 N–H and O–H groups in total. The minimum Gasteiger partial charge on any atom is -0.220 e. The van der Waals surface area contributed by atoms with E-state index in [-0.39, 0.29) is 11.1 Å². The third-order valence-electron chi connectivity index (χ3n) is 4.68. The van der Waals surface area contributed by atoms with Crippen LogP contribution >= 0.6 is 0 Å². The molecule has 94 valence electrons. The van der Waals surface area contributed by atoms with E-state index in [0.717, 1.165) is 17.8 Å². The molecule has 4 aliphatic carbocycles. The van der Waals surface area contributed by atoms with Crippen molar-refractivity contribution in [2.24, 2.45) is 27.7 Å². The zero-order valence-electron chi connectivity index (χ0n) is 11.4. The van der Waals surface area contributed by atoms with Crippen LogP contribution in [-0.2, 0) is 0 Å². The van der Waals surface area contributed by atoms with Crippen molar-refractivity contribution in [3.05, 3.63) is 0 Å². The van der Waals surface area contributed by atoms with Gasteiger partial charge in [-0.2, -0.15) is 0 Å². The van der Waals surface area contributed by atoms with Crippen LogP contribution in [0.25, 0.3) is 0 Å². The summed E-state index contributed by atoms with van der Waals surface area (Å²) in [4.78, 5) is 9.20. The van der Waals surface area contributed by atoms with Gasteiger partial charge in [-0.1, -0.05) is 0 Å². The van der Waals surface area contributed by atoms with Gasteiger partial charge < -0.3 is 0 Å². The molecule has 2 nitrogen and oxygen atoms in total. The van der Waals surface area contributed by atoms with Gasteiger partial charge in [-0.25, -0.2) is 9.98 Å². The zero-order chi connectivity index (χ0) is 12.1. The first-order valence-corrected chi connectivity index (χ1v) is 7.13. The predicted octanol–water partition coefficient (Wildman–Crippen LogP) is 3.93. The van der Waals surface area contributed by atoms with Crippen LogP contribution in [0, 0.1) is 17.8 Å². The molecule has 2 heteroatoms. The summed E-state index contributed by atoms with van der Waals surface area (Å²) in [7, 11) is 0. The molecule has 4 bridgehead atoms. The highest BCUT2D eigenvalue weighted by Gasteiger charge is 2.51. The van der Waals surface area contributed by atoms with E-state index >= 15 is 0 Å². The molecule has 0 aromatic rings. The van der Waals surface area contributed by atoms with Crippen molar-refractivity contribution in [3.8, 4) is 0 Å². The van der Waals surface area contributed by atoms with Crippen molar-refractivity contribution in [2.75, 3.05) is 0 Å². The van der Waals surface area contributed by atoms with E-state index < -0.39 is 0 Å². The maximum absolute atomic E-state index is 4.78. The molecule has 0 aromatic carbocycles. The van der Waals surface area contributed by atoms with Gasteiger partial charge >= 0.3 is 0 Å².